The molecule has 3 heterocycles. The van der Waals surface area contributed by atoms with Crippen LogP contribution in [0.4, 0.5) is 0 Å². The number of nitrogens with one attached hydrogen (secondary N) is 1. The third-order valence-electron chi connectivity index (χ3n) is 4.84. The summed E-state index contributed by atoms with van der Waals surface area (Å²) in [5.41, 5.74) is 4.14. The zero-order valence-corrected chi connectivity index (χ0v) is 12.6. The van der Waals surface area contributed by atoms with Gasteiger partial charge in [0, 0.05) is 42.2 Å². The van der Waals surface area contributed by atoms with Crippen molar-refractivity contribution in [2.24, 2.45) is 7.05 Å². The molecule has 1 saturated heterocycles. The largest absolute Gasteiger partial charge is 0.299 e. The maximum atomic E-state index is 4.33. The molecule has 0 spiro atoms. The zero-order chi connectivity index (χ0) is 14.2. The van der Waals surface area contributed by atoms with E-state index in [-0.39, 0.29) is 5.41 Å². The highest BCUT2D eigenvalue weighted by Gasteiger charge is 2.32. The van der Waals surface area contributed by atoms with E-state index >= 15 is 0 Å². The number of piperidine rings is 1. The number of hydrogen-bond acceptors (Lipinski definition) is 3. The van der Waals surface area contributed by atoms with Crippen molar-refractivity contribution in [3.8, 4) is 0 Å². The Hall–Kier alpha value is -1.62. The van der Waals surface area contributed by atoms with Crippen LogP contribution in [0.25, 0.3) is 0 Å². The van der Waals surface area contributed by atoms with Crippen molar-refractivity contribution in [3.63, 3.8) is 0 Å². The van der Waals surface area contributed by atoms with Gasteiger partial charge in [0.25, 0.3) is 0 Å². The maximum absolute atomic E-state index is 4.33. The predicted octanol–water partition coefficient (Wildman–Crippen LogP) is 2.01. The first-order chi connectivity index (χ1) is 9.58. The fourth-order valence-electron chi connectivity index (χ4n) is 3.01. The second kappa shape index (κ2) is 5.05. The molecule has 0 saturated carbocycles. The van der Waals surface area contributed by atoms with Crippen LogP contribution >= 0.6 is 0 Å². The fraction of sp³-hybridized carbons (Fsp3) is 0.600. The summed E-state index contributed by atoms with van der Waals surface area (Å²) in [6, 6.07) is 2.11. The molecule has 0 unspecified atom stereocenters. The van der Waals surface area contributed by atoms with Crippen LogP contribution < -0.4 is 0 Å². The van der Waals surface area contributed by atoms with Crippen molar-refractivity contribution in [2.75, 3.05) is 13.1 Å². The van der Waals surface area contributed by atoms with E-state index in [0.717, 1.165) is 19.6 Å². The van der Waals surface area contributed by atoms with Gasteiger partial charge in [0.15, 0.2) is 0 Å². The molecular weight excluding hydrogens is 250 g/mol. The van der Waals surface area contributed by atoms with Crippen molar-refractivity contribution in [2.45, 2.75) is 38.6 Å². The van der Waals surface area contributed by atoms with E-state index in [1.54, 1.807) is 0 Å². The van der Waals surface area contributed by atoms with Crippen molar-refractivity contribution in [3.05, 3.63) is 35.4 Å². The van der Waals surface area contributed by atoms with E-state index in [1.165, 1.54) is 29.8 Å². The van der Waals surface area contributed by atoms with Gasteiger partial charge in [-0.05, 0) is 38.9 Å². The maximum Gasteiger partial charge on any atom is 0.0537 e. The lowest BCUT2D eigenvalue weighted by Gasteiger charge is -2.38. The molecule has 1 fully saturated rings. The van der Waals surface area contributed by atoms with Crippen LogP contribution in [0.1, 0.15) is 36.7 Å². The second-order valence-electron chi connectivity index (χ2n) is 6.19. The number of nitrogens with zero attached hydrogens (tertiary/aromatic N) is 4. The zero-order valence-electron chi connectivity index (χ0n) is 12.6. The molecule has 1 aliphatic rings. The summed E-state index contributed by atoms with van der Waals surface area (Å²) in [6.45, 7) is 7.75. The van der Waals surface area contributed by atoms with Gasteiger partial charge in [-0.1, -0.05) is 6.92 Å². The molecule has 108 valence electrons. The average molecular weight is 273 g/mol. The highest BCUT2D eigenvalue weighted by atomic mass is 15.3. The van der Waals surface area contributed by atoms with Gasteiger partial charge >= 0.3 is 0 Å². The Kier molecular flexibility index (Phi) is 3.38. The van der Waals surface area contributed by atoms with Crippen molar-refractivity contribution >= 4 is 0 Å². The molecule has 0 aromatic carbocycles. The van der Waals surface area contributed by atoms with Gasteiger partial charge in [0.2, 0.25) is 0 Å². The van der Waals surface area contributed by atoms with Crippen LogP contribution in [-0.4, -0.2) is 38.0 Å². The summed E-state index contributed by atoms with van der Waals surface area (Å²) in [5.74, 6) is 0. The Balaban J connectivity index is 1.63. The molecule has 5 heteroatoms. The minimum atomic E-state index is 0.247. The molecule has 5 nitrogen and oxygen atoms in total. The first-order valence-electron chi connectivity index (χ1n) is 7.28. The first-order valence-corrected chi connectivity index (χ1v) is 7.28. The summed E-state index contributed by atoms with van der Waals surface area (Å²) in [4.78, 5) is 2.53. The fourth-order valence-corrected chi connectivity index (χ4v) is 3.01. The Bertz CT molecular complexity index is 561. The van der Waals surface area contributed by atoms with Crippen LogP contribution in [0.15, 0.2) is 18.5 Å². The summed E-state index contributed by atoms with van der Waals surface area (Å²) in [6.07, 6.45) is 6.20. The number of aromatic amines is 1. The van der Waals surface area contributed by atoms with Crippen molar-refractivity contribution in [1.29, 1.82) is 0 Å². The van der Waals surface area contributed by atoms with Crippen LogP contribution in [0.3, 0.4) is 0 Å². The summed E-state index contributed by atoms with van der Waals surface area (Å²) in [7, 11) is 2.00. The standard InChI is InChI=1S/C15H23N5/c1-12-13(10-17-19(12)3)11-20-8-5-15(2,6-9-20)14-4-7-16-18-14/h4,7,10H,5-6,8-9,11H2,1-3H3,(H,16,18). The molecular formula is C15H23N5. The Morgan fingerprint density at radius 2 is 2.10 bits per heavy atom. The first kappa shape index (κ1) is 13.4. The van der Waals surface area contributed by atoms with E-state index in [9.17, 15) is 0 Å². The molecule has 0 amide bonds. The molecule has 3 rings (SSSR count). The van der Waals surface area contributed by atoms with E-state index < -0.39 is 0 Å². The SMILES string of the molecule is Cc1c(CN2CCC(C)(c3ccn[nH]3)CC2)cnn1C. The molecule has 2 aromatic heterocycles. The van der Waals surface area contributed by atoms with Gasteiger partial charge < -0.3 is 0 Å². The molecule has 0 radical (unpaired) electrons. The quantitative estimate of drug-likeness (QED) is 0.930. The molecule has 20 heavy (non-hydrogen) atoms. The van der Waals surface area contributed by atoms with Gasteiger partial charge in [-0.3, -0.25) is 14.7 Å². The molecule has 1 aliphatic heterocycles. The second-order valence-corrected chi connectivity index (χ2v) is 6.19. The van der Waals surface area contributed by atoms with Crippen LogP contribution in [-0.2, 0) is 19.0 Å². The normalized spacial score (nSPS) is 19.4. The monoisotopic (exact) mass is 273 g/mol. The highest BCUT2D eigenvalue weighted by molar-refractivity contribution is 5.17. The number of likely N-dealkylation sites (tertiary alicyclic amines) is 1. The molecule has 0 aliphatic carbocycles. The summed E-state index contributed by atoms with van der Waals surface area (Å²) < 4.78 is 1.95. The van der Waals surface area contributed by atoms with E-state index in [1.807, 2.05) is 24.1 Å². The minimum Gasteiger partial charge on any atom is -0.299 e. The van der Waals surface area contributed by atoms with E-state index in [0.29, 0.717) is 0 Å². The number of H-pyrrole nitrogens is 1. The lowest BCUT2D eigenvalue weighted by molar-refractivity contribution is 0.159. The number of aromatic nitrogens is 4. The lowest BCUT2D eigenvalue weighted by Crippen LogP contribution is -2.40. The Morgan fingerprint density at radius 1 is 1.35 bits per heavy atom. The van der Waals surface area contributed by atoms with Crippen molar-refractivity contribution in [1.82, 2.24) is 24.9 Å². The number of rotatable bonds is 3. The Labute approximate surface area is 120 Å². The van der Waals surface area contributed by atoms with Gasteiger partial charge in [-0.25, -0.2) is 0 Å². The minimum absolute atomic E-state index is 0.247. The van der Waals surface area contributed by atoms with Gasteiger partial charge in [0.1, 0.15) is 0 Å². The molecule has 2 aromatic rings. The smallest absolute Gasteiger partial charge is 0.0537 e. The lowest BCUT2D eigenvalue weighted by atomic mass is 9.77. The third kappa shape index (κ3) is 2.38. The Morgan fingerprint density at radius 3 is 2.65 bits per heavy atom. The summed E-state index contributed by atoms with van der Waals surface area (Å²) in [5, 5.41) is 11.6. The topological polar surface area (TPSA) is 49.7 Å². The molecule has 0 bridgehead atoms. The predicted molar refractivity (Wildman–Crippen MR) is 78.4 cm³/mol. The number of hydrogen-bond donors (Lipinski definition) is 1. The van der Waals surface area contributed by atoms with Gasteiger partial charge in [-0.2, -0.15) is 10.2 Å². The van der Waals surface area contributed by atoms with E-state index in [4.69, 9.17) is 0 Å². The van der Waals surface area contributed by atoms with Gasteiger partial charge in [0.05, 0.1) is 6.20 Å². The third-order valence-corrected chi connectivity index (χ3v) is 4.84. The van der Waals surface area contributed by atoms with Crippen molar-refractivity contribution < 1.29 is 0 Å². The van der Waals surface area contributed by atoms with Crippen LogP contribution in [0.5, 0.6) is 0 Å². The average Bonchev–Trinajstić information content (AvgIpc) is 3.08. The molecule has 1 N–H and O–H groups in total. The molecule has 0 atom stereocenters. The number of aryl methyl sites for hydroxylation is 1. The van der Waals surface area contributed by atoms with Crippen LogP contribution in [0, 0.1) is 6.92 Å². The van der Waals surface area contributed by atoms with Gasteiger partial charge in [-0.15, -0.1) is 0 Å². The summed E-state index contributed by atoms with van der Waals surface area (Å²) >= 11 is 0. The van der Waals surface area contributed by atoms with Crippen LogP contribution in [0.2, 0.25) is 0 Å². The highest BCUT2D eigenvalue weighted by Crippen LogP contribution is 2.34. The van der Waals surface area contributed by atoms with E-state index in [2.05, 4.69) is 40.1 Å².